The fraction of sp³-hybridized carbons (Fsp3) is 0.611. The summed E-state index contributed by atoms with van der Waals surface area (Å²) >= 11 is 0. The maximum atomic E-state index is 12.9. The van der Waals surface area contributed by atoms with Crippen LogP contribution in [0.2, 0.25) is 0 Å². The molecule has 2 fully saturated rings. The monoisotopic (exact) mass is 373 g/mol. The quantitative estimate of drug-likeness (QED) is 0.852. The van der Waals surface area contributed by atoms with Crippen molar-refractivity contribution in [1.29, 1.82) is 0 Å². The fourth-order valence-electron chi connectivity index (χ4n) is 4.14. The minimum absolute atomic E-state index is 0. The minimum Gasteiger partial charge on any atom is -0.377 e. The van der Waals surface area contributed by atoms with Gasteiger partial charge in [0.2, 0.25) is 5.91 Å². The topological polar surface area (TPSA) is 44.4 Å². The van der Waals surface area contributed by atoms with Gasteiger partial charge < -0.3 is 15.5 Å². The summed E-state index contributed by atoms with van der Waals surface area (Å²) in [7, 11) is 4.08. The molecule has 0 radical (unpaired) electrons. The lowest BCUT2D eigenvalue weighted by Gasteiger charge is -2.37. The molecule has 1 aromatic rings. The van der Waals surface area contributed by atoms with E-state index in [1.165, 1.54) is 30.5 Å². The molecule has 2 N–H and O–H groups in total. The van der Waals surface area contributed by atoms with Gasteiger partial charge in [-0.2, -0.15) is 0 Å². The molecule has 1 heterocycles. The second kappa shape index (κ2) is 8.93. The van der Waals surface area contributed by atoms with Crippen LogP contribution in [0.5, 0.6) is 0 Å². The molecule has 1 aliphatic heterocycles. The van der Waals surface area contributed by atoms with E-state index in [1.54, 1.807) is 0 Å². The number of nitrogens with one attached hydrogen (secondary N) is 2. The summed E-state index contributed by atoms with van der Waals surface area (Å²) in [5, 5.41) is 6.67. The van der Waals surface area contributed by atoms with Crippen LogP contribution in [0.25, 0.3) is 0 Å². The van der Waals surface area contributed by atoms with Gasteiger partial charge in [0, 0.05) is 32.9 Å². The third-order valence-electron chi connectivity index (χ3n) is 5.40. The van der Waals surface area contributed by atoms with E-state index in [0.29, 0.717) is 12.5 Å². The molecule has 6 heteroatoms. The summed E-state index contributed by atoms with van der Waals surface area (Å²) in [5.41, 5.74) is 2.19. The highest BCUT2D eigenvalue weighted by atomic mass is 35.5. The average Bonchev–Trinajstić information content (AvgIpc) is 2.98. The molecule has 24 heavy (non-hydrogen) atoms. The van der Waals surface area contributed by atoms with Crippen LogP contribution >= 0.6 is 24.8 Å². The van der Waals surface area contributed by atoms with Crippen molar-refractivity contribution < 1.29 is 4.79 Å². The Morgan fingerprint density at radius 1 is 1.29 bits per heavy atom. The van der Waals surface area contributed by atoms with Crippen molar-refractivity contribution in [3.05, 3.63) is 29.8 Å². The van der Waals surface area contributed by atoms with Gasteiger partial charge in [-0.25, -0.2) is 0 Å². The highest BCUT2D eigenvalue weighted by Gasteiger charge is 2.49. The lowest BCUT2D eigenvalue weighted by Crippen LogP contribution is -2.47. The predicted molar refractivity (Wildman–Crippen MR) is 104 cm³/mol. The van der Waals surface area contributed by atoms with Crippen molar-refractivity contribution in [2.45, 2.75) is 32.2 Å². The van der Waals surface area contributed by atoms with Crippen molar-refractivity contribution in [2.75, 3.05) is 32.1 Å². The Balaban J connectivity index is 0.00000144. The number of benzene rings is 1. The van der Waals surface area contributed by atoms with Crippen LogP contribution in [-0.2, 0) is 11.3 Å². The van der Waals surface area contributed by atoms with E-state index in [-0.39, 0.29) is 36.1 Å². The molecule has 0 unspecified atom stereocenters. The maximum Gasteiger partial charge on any atom is 0.228 e. The third-order valence-corrected chi connectivity index (χ3v) is 5.40. The van der Waals surface area contributed by atoms with Crippen molar-refractivity contribution >= 4 is 36.4 Å². The molecular formula is C18H29Cl2N3O. The zero-order valence-corrected chi connectivity index (χ0v) is 16.1. The van der Waals surface area contributed by atoms with E-state index in [1.807, 2.05) is 26.2 Å². The smallest absolute Gasteiger partial charge is 0.228 e. The lowest BCUT2D eigenvalue weighted by molar-refractivity contribution is -0.134. The van der Waals surface area contributed by atoms with Crippen LogP contribution in [-0.4, -0.2) is 33.1 Å². The highest BCUT2D eigenvalue weighted by Crippen LogP contribution is 2.43. The van der Waals surface area contributed by atoms with Crippen molar-refractivity contribution in [1.82, 2.24) is 10.6 Å². The molecule has 0 aromatic heterocycles. The Morgan fingerprint density at radius 3 is 2.79 bits per heavy atom. The lowest BCUT2D eigenvalue weighted by atomic mass is 9.67. The SMILES string of the molecule is CN(C)c1ccccc1CNC(=O)[C@@]12CCCC[C@H]1CNC2.Cl.Cl. The van der Waals surface area contributed by atoms with Crippen molar-refractivity contribution in [3.63, 3.8) is 0 Å². The summed E-state index contributed by atoms with van der Waals surface area (Å²) < 4.78 is 0. The van der Waals surface area contributed by atoms with Gasteiger partial charge in [0.1, 0.15) is 0 Å². The summed E-state index contributed by atoms with van der Waals surface area (Å²) in [6, 6.07) is 8.27. The average molecular weight is 374 g/mol. The number of halogens is 2. The molecule has 1 aromatic carbocycles. The van der Waals surface area contributed by atoms with Gasteiger partial charge in [-0.05, 0) is 36.9 Å². The van der Waals surface area contributed by atoms with Gasteiger partial charge in [-0.1, -0.05) is 31.0 Å². The first kappa shape index (κ1) is 21.1. The van der Waals surface area contributed by atoms with E-state index in [4.69, 9.17) is 0 Å². The molecule has 2 atom stereocenters. The van der Waals surface area contributed by atoms with Crippen molar-refractivity contribution in [3.8, 4) is 0 Å². The van der Waals surface area contributed by atoms with E-state index in [0.717, 1.165) is 19.5 Å². The van der Waals surface area contributed by atoms with Crippen LogP contribution in [0.1, 0.15) is 31.2 Å². The predicted octanol–water partition coefficient (Wildman–Crippen LogP) is 2.99. The van der Waals surface area contributed by atoms with E-state index < -0.39 is 0 Å². The standard InChI is InChI=1S/C18H27N3O.2ClH/c1-21(2)16-9-4-3-7-14(16)11-20-17(22)18-10-6-5-8-15(18)12-19-13-18;;/h3-4,7,9,15,19H,5-6,8,10-13H2,1-2H3,(H,20,22);2*1H/t15-,18+;;/m0../s1. The Labute approximate surface area is 157 Å². The normalized spacial score (nSPS) is 25.0. The number of hydrogen-bond donors (Lipinski definition) is 2. The Bertz CT molecular complexity index is 553. The summed E-state index contributed by atoms with van der Waals surface area (Å²) in [6.45, 7) is 2.46. The molecule has 4 nitrogen and oxygen atoms in total. The Kier molecular flexibility index (Phi) is 7.84. The Morgan fingerprint density at radius 2 is 2.04 bits per heavy atom. The Hall–Kier alpha value is -0.970. The van der Waals surface area contributed by atoms with Crippen LogP contribution in [0.4, 0.5) is 5.69 Å². The number of amides is 1. The van der Waals surface area contributed by atoms with Gasteiger partial charge >= 0.3 is 0 Å². The fourth-order valence-corrected chi connectivity index (χ4v) is 4.14. The van der Waals surface area contributed by atoms with Crippen molar-refractivity contribution in [2.24, 2.45) is 11.3 Å². The van der Waals surface area contributed by atoms with Gasteiger partial charge in [0.25, 0.3) is 0 Å². The number of carbonyl (C=O) groups is 1. The summed E-state index contributed by atoms with van der Waals surface area (Å²) in [5.74, 6) is 0.765. The zero-order valence-electron chi connectivity index (χ0n) is 14.5. The number of hydrogen-bond acceptors (Lipinski definition) is 3. The first-order valence-electron chi connectivity index (χ1n) is 8.38. The second-order valence-electron chi connectivity index (χ2n) is 6.94. The molecule has 3 rings (SSSR count). The molecule has 0 spiro atoms. The number of rotatable bonds is 4. The molecule has 136 valence electrons. The van der Waals surface area contributed by atoms with Gasteiger partial charge in [0.15, 0.2) is 0 Å². The molecule has 0 bridgehead atoms. The van der Waals surface area contributed by atoms with E-state index >= 15 is 0 Å². The summed E-state index contributed by atoms with van der Waals surface area (Å²) in [6.07, 6.45) is 4.67. The number of anilines is 1. The molecular weight excluding hydrogens is 345 g/mol. The van der Waals surface area contributed by atoms with E-state index in [9.17, 15) is 4.79 Å². The first-order valence-corrected chi connectivity index (χ1v) is 8.38. The number of nitrogens with zero attached hydrogens (tertiary/aromatic N) is 1. The zero-order chi connectivity index (χ0) is 15.6. The second-order valence-corrected chi connectivity index (χ2v) is 6.94. The molecule has 1 aliphatic carbocycles. The maximum absolute atomic E-state index is 12.9. The minimum atomic E-state index is -0.161. The van der Waals surface area contributed by atoms with Gasteiger partial charge in [0.05, 0.1) is 5.41 Å². The number of para-hydroxylation sites is 1. The van der Waals surface area contributed by atoms with Crippen LogP contribution in [0.15, 0.2) is 24.3 Å². The highest BCUT2D eigenvalue weighted by molar-refractivity contribution is 5.85. The number of carbonyl (C=O) groups excluding carboxylic acids is 1. The number of fused-ring (bicyclic) bond motifs is 1. The van der Waals surface area contributed by atoms with E-state index in [2.05, 4.69) is 27.7 Å². The van der Waals surface area contributed by atoms with Crippen LogP contribution < -0.4 is 15.5 Å². The van der Waals surface area contributed by atoms with Crippen LogP contribution in [0.3, 0.4) is 0 Å². The van der Waals surface area contributed by atoms with Gasteiger partial charge in [-0.3, -0.25) is 4.79 Å². The molecule has 2 aliphatic rings. The third kappa shape index (κ3) is 3.98. The first-order chi connectivity index (χ1) is 10.6. The summed E-state index contributed by atoms with van der Waals surface area (Å²) in [4.78, 5) is 15.0. The molecule has 1 saturated carbocycles. The molecule has 1 amide bonds. The molecule has 1 saturated heterocycles. The van der Waals surface area contributed by atoms with Gasteiger partial charge in [-0.15, -0.1) is 24.8 Å². The largest absolute Gasteiger partial charge is 0.377 e. The van der Waals surface area contributed by atoms with Crippen LogP contribution in [0, 0.1) is 11.3 Å².